The smallest absolute Gasteiger partial charge is 0.299 e. The minimum Gasteiger partial charge on any atom is -0.299 e. The summed E-state index contributed by atoms with van der Waals surface area (Å²) >= 11 is 0. The van der Waals surface area contributed by atoms with Crippen LogP contribution >= 0.6 is 0 Å². The molecule has 1 aromatic rings. The summed E-state index contributed by atoms with van der Waals surface area (Å²) in [7, 11) is 1.65. The number of nitrogens with zero attached hydrogens (tertiary/aromatic N) is 3. The van der Waals surface area contributed by atoms with Crippen LogP contribution < -0.4 is 0 Å². The van der Waals surface area contributed by atoms with Gasteiger partial charge in [0.1, 0.15) is 17.2 Å². The summed E-state index contributed by atoms with van der Waals surface area (Å²) in [5.41, 5.74) is 0.852. The largest absolute Gasteiger partial charge is 0.314 e. The van der Waals surface area contributed by atoms with E-state index in [4.69, 9.17) is 0 Å². The summed E-state index contributed by atoms with van der Waals surface area (Å²) in [4.78, 5) is 22.4. The Kier molecular flexibility index (Phi) is 4.21. The summed E-state index contributed by atoms with van der Waals surface area (Å²) in [6.07, 6.45) is 0.535. The first-order chi connectivity index (χ1) is 8.31. The average molecular weight is 253 g/mol. The topological polar surface area (TPSA) is 78.0 Å². The maximum atomic E-state index is 11.6. The maximum Gasteiger partial charge on any atom is 0.314 e. The zero-order chi connectivity index (χ0) is 14.0. The highest BCUT2D eigenvalue weighted by Gasteiger charge is 2.33. The van der Waals surface area contributed by atoms with Crippen LogP contribution in [0.4, 0.5) is 5.69 Å². The molecule has 6 heteroatoms. The lowest BCUT2D eigenvalue weighted by molar-refractivity contribution is -0.386. The van der Waals surface area contributed by atoms with Gasteiger partial charge in [-0.1, -0.05) is 20.8 Å². The molecule has 0 N–H and O–H groups in total. The number of hydrogen-bond donors (Lipinski definition) is 0. The van der Waals surface area contributed by atoms with Crippen LogP contribution in [0.15, 0.2) is 0 Å². The Balaban J connectivity index is 3.51. The quantitative estimate of drug-likeness (QED) is 0.596. The Morgan fingerprint density at radius 3 is 2.39 bits per heavy atom. The van der Waals surface area contributed by atoms with Crippen LogP contribution in [0, 0.1) is 10.1 Å². The fraction of sp³-hybridized carbons (Fsp3) is 0.667. The first-order valence-electron chi connectivity index (χ1n) is 6.02. The van der Waals surface area contributed by atoms with Gasteiger partial charge in [-0.15, -0.1) is 0 Å². The Morgan fingerprint density at radius 2 is 2.06 bits per heavy atom. The molecule has 1 atom stereocenters. The van der Waals surface area contributed by atoms with Crippen molar-refractivity contribution in [1.29, 1.82) is 0 Å². The van der Waals surface area contributed by atoms with Crippen molar-refractivity contribution < 1.29 is 9.72 Å². The number of hydrogen-bond acceptors (Lipinski definition) is 4. The lowest BCUT2D eigenvalue weighted by Gasteiger charge is -2.10. The van der Waals surface area contributed by atoms with Crippen LogP contribution in [-0.2, 0) is 11.8 Å². The van der Waals surface area contributed by atoms with Gasteiger partial charge in [0.15, 0.2) is 0 Å². The predicted octanol–water partition coefficient (Wildman–Crippen LogP) is 2.53. The summed E-state index contributed by atoms with van der Waals surface area (Å²) in [5, 5.41) is 15.4. The molecule has 1 unspecified atom stereocenters. The molecule has 0 fully saturated rings. The van der Waals surface area contributed by atoms with Crippen molar-refractivity contribution in [2.24, 2.45) is 7.05 Å². The van der Waals surface area contributed by atoms with Crippen molar-refractivity contribution in [3.63, 3.8) is 0 Å². The Hall–Kier alpha value is -1.72. The first-order valence-corrected chi connectivity index (χ1v) is 6.02. The molecule has 0 saturated heterocycles. The second-order valence-corrected chi connectivity index (χ2v) is 4.73. The Bertz CT molecular complexity index is 477. The van der Waals surface area contributed by atoms with E-state index in [-0.39, 0.29) is 17.4 Å². The van der Waals surface area contributed by atoms with Gasteiger partial charge < -0.3 is 0 Å². The molecule has 0 spiro atoms. The van der Waals surface area contributed by atoms with E-state index in [1.165, 1.54) is 11.6 Å². The third-order valence-electron chi connectivity index (χ3n) is 3.05. The number of ketones is 1. The molecule has 0 aliphatic heterocycles. The van der Waals surface area contributed by atoms with E-state index in [2.05, 4.69) is 5.10 Å². The van der Waals surface area contributed by atoms with Gasteiger partial charge in [-0.25, -0.2) is 0 Å². The number of rotatable bonds is 5. The van der Waals surface area contributed by atoms with E-state index in [1.54, 1.807) is 7.05 Å². The molecular weight excluding hydrogens is 234 g/mol. The fourth-order valence-corrected chi connectivity index (χ4v) is 2.19. The van der Waals surface area contributed by atoms with Crippen LogP contribution in [-0.4, -0.2) is 20.5 Å². The van der Waals surface area contributed by atoms with Crippen LogP contribution in [0.5, 0.6) is 0 Å². The molecule has 0 aromatic carbocycles. The van der Waals surface area contributed by atoms with E-state index in [9.17, 15) is 14.9 Å². The number of Topliss-reactive ketones (excluding diaryl/α,β-unsaturated/α-hetero) is 1. The summed E-state index contributed by atoms with van der Waals surface area (Å²) in [6, 6.07) is 0. The van der Waals surface area contributed by atoms with Crippen molar-refractivity contribution in [3.8, 4) is 0 Å². The minimum atomic E-state index is -0.463. The van der Waals surface area contributed by atoms with Gasteiger partial charge in [0.05, 0.1) is 10.8 Å². The van der Waals surface area contributed by atoms with E-state index in [1.807, 2.05) is 20.8 Å². The molecule has 0 radical (unpaired) electrons. The highest BCUT2D eigenvalue weighted by molar-refractivity contribution is 5.84. The number of carbonyl (C=O) groups excluding carboxylic acids is 1. The normalized spacial score (nSPS) is 12.8. The Labute approximate surface area is 106 Å². The average Bonchev–Trinajstić information content (AvgIpc) is 2.57. The predicted molar refractivity (Wildman–Crippen MR) is 67.7 cm³/mol. The lowest BCUT2D eigenvalue weighted by atomic mass is 9.95. The minimum absolute atomic E-state index is 0.00505. The molecule has 0 aliphatic rings. The van der Waals surface area contributed by atoms with Gasteiger partial charge in [-0.2, -0.15) is 5.10 Å². The lowest BCUT2D eigenvalue weighted by Crippen LogP contribution is -2.14. The van der Waals surface area contributed by atoms with Gasteiger partial charge in [0.25, 0.3) is 0 Å². The van der Waals surface area contributed by atoms with E-state index >= 15 is 0 Å². The second-order valence-electron chi connectivity index (χ2n) is 4.73. The van der Waals surface area contributed by atoms with Gasteiger partial charge in [-0.05, 0) is 13.3 Å². The molecule has 0 amide bonds. The third kappa shape index (κ3) is 2.42. The van der Waals surface area contributed by atoms with Crippen molar-refractivity contribution in [2.45, 2.75) is 46.0 Å². The first kappa shape index (κ1) is 14.3. The zero-order valence-corrected chi connectivity index (χ0v) is 11.4. The molecule has 0 bridgehead atoms. The van der Waals surface area contributed by atoms with Crippen molar-refractivity contribution in [3.05, 3.63) is 21.5 Å². The van der Waals surface area contributed by atoms with Gasteiger partial charge in [0.2, 0.25) is 0 Å². The monoisotopic (exact) mass is 253 g/mol. The molecule has 0 aliphatic carbocycles. The van der Waals surface area contributed by atoms with Crippen LogP contribution in [0.3, 0.4) is 0 Å². The number of nitro groups is 1. The molecule has 18 heavy (non-hydrogen) atoms. The molecule has 100 valence electrons. The van der Waals surface area contributed by atoms with Gasteiger partial charge in [0, 0.05) is 13.0 Å². The summed E-state index contributed by atoms with van der Waals surface area (Å²) < 4.78 is 1.48. The Morgan fingerprint density at radius 1 is 1.50 bits per heavy atom. The highest BCUT2D eigenvalue weighted by atomic mass is 16.6. The van der Waals surface area contributed by atoms with Gasteiger partial charge in [-0.3, -0.25) is 19.6 Å². The molecular formula is C12H19N3O3. The SMILES string of the molecule is CCC(C(C)=O)c1c([N+](=O)[O-])c(C(C)C)nn1C. The standard InChI is InChI=1S/C12H19N3O3/c1-6-9(8(4)16)11-12(15(17)18)10(7(2)3)13-14(11)5/h7,9H,6H2,1-5H3. The van der Waals surface area contributed by atoms with Crippen molar-refractivity contribution in [1.82, 2.24) is 9.78 Å². The number of aromatic nitrogens is 2. The van der Waals surface area contributed by atoms with Crippen molar-refractivity contribution in [2.75, 3.05) is 0 Å². The number of carbonyl (C=O) groups is 1. The summed E-state index contributed by atoms with van der Waals surface area (Å²) in [5.74, 6) is -0.580. The molecule has 6 nitrogen and oxygen atoms in total. The van der Waals surface area contributed by atoms with E-state index in [0.29, 0.717) is 17.8 Å². The molecule has 1 rings (SSSR count). The van der Waals surface area contributed by atoms with E-state index in [0.717, 1.165) is 0 Å². The zero-order valence-electron chi connectivity index (χ0n) is 11.4. The van der Waals surface area contributed by atoms with E-state index < -0.39 is 10.8 Å². The van der Waals surface area contributed by atoms with Crippen molar-refractivity contribution >= 4 is 11.5 Å². The fourth-order valence-electron chi connectivity index (χ4n) is 2.19. The molecule has 0 saturated carbocycles. The summed E-state index contributed by atoms with van der Waals surface area (Å²) in [6.45, 7) is 7.01. The maximum absolute atomic E-state index is 11.6. The second kappa shape index (κ2) is 5.29. The third-order valence-corrected chi connectivity index (χ3v) is 3.05. The van der Waals surface area contributed by atoms with Crippen LogP contribution in [0.25, 0.3) is 0 Å². The number of aryl methyl sites for hydroxylation is 1. The van der Waals surface area contributed by atoms with Crippen LogP contribution in [0.2, 0.25) is 0 Å². The molecule has 1 aromatic heterocycles. The van der Waals surface area contributed by atoms with Gasteiger partial charge >= 0.3 is 5.69 Å². The molecule has 1 heterocycles. The van der Waals surface area contributed by atoms with Crippen LogP contribution in [0.1, 0.15) is 57.3 Å². The highest BCUT2D eigenvalue weighted by Crippen LogP contribution is 2.35.